The zero-order chi connectivity index (χ0) is 14.7. The van der Waals surface area contributed by atoms with Gasteiger partial charge in [0.2, 0.25) is 0 Å². The summed E-state index contributed by atoms with van der Waals surface area (Å²) < 4.78 is 10.8. The molecule has 3 nitrogen and oxygen atoms in total. The SMILES string of the molecule is COc1ccc(C2NCCC2c2ccccc2)c(OC)c1. The first-order valence-corrected chi connectivity index (χ1v) is 7.33. The first-order valence-electron chi connectivity index (χ1n) is 7.33. The van der Waals surface area contributed by atoms with Gasteiger partial charge in [-0.2, -0.15) is 0 Å². The zero-order valence-corrected chi connectivity index (χ0v) is 12.5. The second-order valence-corrected chi connectivity index (χ2v) is 5.35. The van der Waals surface area contributed by atoms with Crippen molar-refractivity contribution >= 4 is 0 Å². The standard InChI is InChI=1S/C18H21NO2/c1-20-14-8-9-16(17(12-14)21-2)18-15(10-11-19-18)13-6-4-3-5-7-13/h3-9,12,15,18-19H,10-11H2,1-2H3. The predicted molar refractivity (Wildman–Crippen MR) is 84.1 cm³/mol. The molecule has 1 aliphatic heterocycles. The molecule has 1 fully saturated rings. The Morgan fingerprint density at radius 1 is 1.00 bits per heavy atom. The molecule has 0 bridgehead atoms. The summed E-state index contributed by atoms with van der Waals surface area (Å²) in [6.45, 7) is 1.03. The van der Waals surface area contributed by atoms with E-state index < -0.39 is 0 Å². The van der Waals surface area contributed by atoms with Crippen LogP contribution >= 0.6 is 0 Å². The van der Waals surface area contributed by atoms with E-state index in [-0.39, 0.29) is 6.04 Å². The van der Waals surface area contributed by atoms with Crippen molar-refractivity contribution in [3.8, 4) is 11.5 Å². The lowest BCUT2D eigenvalue weighted by molar-refractivity contribution is 0.385. The molecule has 1 heterocycles. The van der Waals surface area contributed by atoms with Crippen molar-refractivity contribution in [2.45, 2.75) is 18.4 Å². The summed E-state index contributed by atoms with van der Waals surface area (Å²) in [7, 11) is 3.39. The number of benzene rings is 2. The molecule has 0 spiro atoms. The topological polar surface area (TPSA) is 30.5 Å². The molecule has 2 aromatic rings. The fourth-order valence-electron chi connectivity index (χ4n) is 3.16. The lowest BCUT2D eigenvalue weighted by Gasteiger charge is -2.22. The maximum absolute atomic E-state index is 5.56. The van der Waals surface area contributed by atoms with Gasteiger partial charge in [-0.1, -0.05) is 36.4 Å². The number of methoxy groups -OCH3 is 2. The van der Waals surface area contributed by atoms with Crippen LogP contribution in [0.4, 0.5) is 0 Å². The van der Waals surface area contributed by atoms with Crippen LogP contribution in [-0.4, -0.2) is 20.8 Å². The average molecular weight is 283 g/mol. The van der Waals surface area contributed by atoms with Crippen molar-refractivity contribution < 1.29 is 9.47 Å². The van der Waals surface area contributed by atoms with Gasteiger partial charge in [-0.25, -0.2) is 0 Å². The molecule has 2 unspecified atom stereocenters. The van der Waals surface area contributed by atoms with Crippen molar-refractivity contribution in [3.63, 3.8) is 0 Å². The molecule has 1 saturated heterocycles. The maximum atomic E-state index is 5.56. The van der Waals surface area contributed by atoms with Crippen LogP contribution in [0.1, 0.15) is 29.5 Å². The molecule has 3 heteroatoms. The minimum absolute atomic E-state index is 0.285. The van der Waals surface area contributed by atoms with Gasteiger partial charge >= 0.3 is 0 Å². The van der Waals surface area contributed by atoms with Crippen LogP contribution in [0.5, 0.6) is 11.5 Å². The number of rotatable bonds is 4. The first-order chi connectivity index (χ1) is 10.3. The van der Waals surface area contributed by atoms with Crippen LogP contribution in [0, 0.1) is 0 Å². The number of nitrogens with one attached hydrogen (secondary N) is 1. The molecule has 2 atom stereocenters. The van der Waals surface area contributed by atoms with Crippen LogP contribution < -0.4 is 14.8 Å². The highest BCUT2D eigenvalue weighted by Crippen LogP contribution is 2.41. The Hall–Kier alpha value is -2.00. The molecule has 1 N–H and O–H groups in total. The van der Waals surface area contributed by atoms with Crippen LogP contribution in [0.2, 0.25) is 0 Å². The van der Waals surface area contributed by atoms with Gasteiger partial charge in [0.25, 0.3) is 0 Å². The monoisotopic (exact) mass is 283 g/mol. The van der Waals surface area contributed by atoms with Crippen molar-refractivity contribution in [2.24, 2.45) is 0 Å². The van der Waals surface area contributed by atoms with E-state index in [0.29, 0.717) is 5.92 Å². The molecule has 2 aromatic carbocycles. The van der Waals surface area contributed by atoms with Gasteiger partial charge in [-0.3, -0.25) is 0 Å². The smallest absolute Gasteiger partial charge is 0.127 e. The summed E-state index contributed by atoms with van der Waals surface area (Å²) in [5.74, 6) is 2.19. The van der Waals surface area contributed by atoms with Crippen molar-refractivity contribution in [2.75, 3.05) is 20.8 Å². The third-order valence-electron chi connectivity index (χ3n) is 4.23. The fourth-order valence-corrected chi connectivity index (χ4v) is 3.16. The molecule has 110 valence electrons. The Labute approximate surface area is 125 Å². The van der Waals surface area contributed by atoms with E-state index in [0.717, 1.165) is 24.5 Å². The zero-order valence-electron chi connectivity index (χ0n) is 12.5. The molecule has 21 heavy (non-hydrogen) atoms. The average Bonchev–Trinajstić information content (AvgIpc) is 3.04. The van der Waals surface area contributed by atoms with Crippen molar-refractivity contribution in [1.29, 1.82) is 0 Å². The minimum Gasteiger partial charge on any atom is -0.497 e. The number of ether oxygens (including phenoxy) is 2. The minimum atomic E-state index is 0.285. The molecular formula is C18H21NO2. The summed E-state index contributed by atoms with van der Waals surface area (Å²) in [6, 6.07) is 17.0. The normalized spacial score (nSPS) is 21.2. The summed E-state index contributed by atoms with van der Waals surface area (Å²) in [6.07, 6.45) is 1.14. The molecular weight excluding hydrogens is 262 g/mol. The molecule has 0 aromatic heterocycles. The maximum Gasteiger partial charge on any atom is 0.127 e. The molecule has 1 aliphatic rings. The van der Waals surface area contributed by atoms with E-state index in [1.165, 1.54) is 11.1 Å². The largest absolute Gasteiger partial charge is 0.497 e. The summed E-state index contributed by atoms with van der Waals surface area (Å²) in [4.78, 5) is 0. The van der Waals surface area contributed by atoms with Crippen LogP contribution in [0.3, 0.4) is 0 Å². The van der Waals surface area contributed by atoms with E-state index >= 15 is 0 Å². The number of hydrogen-bond acceptors (Lipinski definition) is 3. The Balaban J connectivity index is 1.95. The predicted octanol–water partition coefficient (Wildman–Crippen LogP) is 3.52. The third-order valence-corrected chi connectivity index (χ3v) is 4.23. The Kier molecular flexibility index (Phi) is 4.11. The van der Waals surface area contributed by atoms with E-state index in [1.807, 2.05) is 12.1 Å². The Bertz CT molecular complexity index is 597. The quantitative estimate of drug-likeness (QED) is 0.931. The summed E-state index contributed by atoms with van der Waals surface area (Å²) in [5, 5.41) is 3.61. The van der Waals surface area contributed by atoms with Crippen LogP contribution in [-0.2, 0) is 0 Å². The van der Waals surface area contributed by atoms with E-state index in [9.17, 15) is 0 Å². The molecule has 0 aliphatic carbocycles. The summed E-state index contributed by atoms with van der Waals surface area (Å²) in [5.41, 5.74) is 2.58. The first kappa shape index (κ1) is 14.0. The third kappa shape index (κ3) is 2.74. The highest BCUT2D eigenvalue weighted by atomic mass is 16.5. The van der Waals surface area contributed by atoms with Gasteiger partial charge in [-0.15, -0.1) is 0 Å². The molecule has 0 amide bonds. The molecule has 0 saturated carbocycles. The number of hydrogen-bond donors (Lipinski definition) is 1. The highest BCUT2D eigenvalue weighted by molar-refractivity contribution is 5.44. The fraction of sp³-hybridized carbons (Fsp3) is 0.333. The Morgan fingerprint density at radius 2 is 1.81 bits per heavy atom. The van der Waals surface area contributed by atoms with E-state index in [4.69, 9.17) is 9.47 Å². The highest BCUT2D eigenvalue weighted by Gasteiger charge is 2.31. The molecule has 0 radical (unpaired) electrons. The summed E-state index contributed by atoms with van der Waals surface area (Å²) >= 11 is 0. The van der Waals surface area contributed by atoms with E-state index in [2.05, 4.69) is 41.7 Å². The van der Waals surface area contributed by atoms with Gasteiger partial charge in [-0.05, 0) is 24.6 Å². The van der Waals surface area contributed by atoms with Gasteiger partial charge in [0, 0.05) is 23.6 Å². The van der Waals surface area contributed by atoms with Gasteiger partial charge in [0.05, 0.1) is 14.2 Å². The van der Waals surface area contributed by atoms with Crippen molar-refractivity contribution in [1.82, 2.24) is 5.32 Å². The molecule has 3 rings (SSSR count). The van der Waals surface area contributed by atoms with E-state index in [1.54, 1.807) is 14.2 Å². The second-order valence-electron chi connectivity index (χ2n) is 5.35. The van der Waals surface area contributed by atoms with Crippen LogP contribution in [0.15, 0.2) is 48.5 Å². The second kappa shape index (κ2) is 6.19. The lowest BCUT2D eigenvalue weighted by Crippen LogP contribution is -2.18. The van der Waals surface area contributed by atoms with Crippen LogP contribution in [0.25, 0.3) is 0 Å². The van der Waals surface area contributed by atoms with Crippen molar-refractivity contribution in [3.05, 3.63) is 59.7 Å². The van der Waals surface area contributed by atoms with Gasteiger partial charge in [0.15, 0.2) is 0 Å². The lowest BCUT2D eigenvalue weighted by atomic mass is 9.87. The van der Waals surface area contributed by atoms with Gasteiger partial charge < -0.3 is 14.8 Å². The van der Waals surface area contributed by atoms with Gasteiger partial charge in [0.1, 0.15) is 11.5 Å². The Morgan fingerprint density at radius 3 is 2.52 bits per heavy atom.